The number of rotatable bonds is 6. The van der Waals surface area contributed by atoms with Gasteiger partial charge < -0.3 is 16.4 Å². The Bertz CT molecular complexity index is 536. The van der Waals surface area contributed by atoms with Crippen LogP contribution >= 0.6 is 12.4 Å². The second kappa shape index (κ2) is 9.53. The van der Waals surface area contributed by atoms with E-state index in [2.05, 4.69) is 10.6 Å². The Kier molecular flexibility index (Phi) is 8.06. The van der Waals surface area contributed by atoms with Gasteiger partial charge in [-0.3, -0.25) is 9.59 Å². The summed E-state index contributed by atoms with van der Waals surface area (Å²) in [4.78, 5) is 23.5. The van der Waals surface area contributed by atoms with E-state index in [1.54, 1.807) is 13.1 Å². The Hall–Kier alpha value is -1.59. The fraction of sp³-hybridized carbons (Fsp3) is 0.529. The summed E-state index contributed by atoms with van der Waals surface area (Å²) in [5, 5.41) is 5.55. The first kappa shape index (κ1) is 19.5. The van der Waals surface area contributed by atoms with Crippen LogP contribution < -0.4 is 16.4 Å². The van der Waals surface area contributed by atoms with Gasteiger partial charge in [0.2, 0.25) is 5.91 Å². The van der Waals surface area contributed by atoms with Crippen LogP contribution in [0.25, 0.3) is 0 Å². The highest BCUT2D eigenvalue weighted by molar-refractivity contribution is 5.94. The van der Waals surface area contributed by atoms with Crippen LogP contribution in [0.15, 0.2) is 24.3 Å². The molecule has 0 unspecified atom stereocenters. The maximum Gasteiger partial charge on any atom is 0.251 e. The molecule has 0 saturated heterocycles. The average molecular weight is 340 g/mol. The molecule has 4 N–H and O–H groups in total. The summed E-state index contributed by atoms with van der Waals surface area (Å²) in [6.45, 7) is 0.581. The predicted octanol–water partition coefficient (Wildman–Crippen LogP) is 1.64. The summed E-state index contributed by atoms with van der Waals surface area (Å²) in [6, 6.07) is 7.64. The van der Waals surface area contributed by atoms with Crippen molar-refractivity contribution >= 4 is 24.2 Å². The lowest BCUT2D eigenvalue weighted by atomic mass is 10.00. The molecular formula is C17H26ClN3O2. The van der Waals surface area contributed by atoms with Crippen molar-refractivity contribution in [1.29, 1.82) is 0 Å². The molecule has 5 nitrogen and oxygen atoms in total. The Labute approximate surface area is 143 Å². The summed E-state index contributed by atoms with van der Waals surface area (Å²) in [5.74, 6) is 0.308. The molecule has 0 aliphatic heterocycles. The van der Waals surface area contributed by atoms with Gasteiger partial charge in [0.05, 0.1) is 0 Å². The van der Waals surface area contributed by atoms with E-state index in [9.17, 15) is 9.59 Å². The third-order valence-corrected chi connectivity index (χ3v) is 4.32. The molecule has 1 aliphatic carbocycles. The number of nitrogens with one attached hydrogen (secondary N) is 2. The molecule has 1 aliphatic rings. The van der Waals surface area contributed by atoms with E-state index in [-0.39, 0.29) is 30.3 Å². The topological polar surface area (TPSA) is 84.2 Å². The number of halogens is 1. The van der Waals surface area contributed by atoms with Crippen LogP contribution in [-0.2, 0) is 11.2 Å². The molecule has 6 heteroatoms. The number of carbonyl (C=O) groups excluding carboxylic acids is 2. The molecule has 1 aromatic rings. The third kappa shape index (κ3) is 5.84. The summed E-state index contributed by atoms with van der Waals surface area (Å²) in [7, 11) is 1.61. The van der Waals surface area contributed by atoms with E-state index < -0.39 is 0 Å². The molecule has 0 heterocycles. The van der Waals surface area contributed by atoms with Crippen molar-refractivity contribution in [2.75, 3.05) is 13.6 Å². The minimum Gasteiger partial charge on any atom is -0.356 e. The minimum atomic E-state index is -0.0962. The highest BCUT2D eigenvalue weighted by atomic mass is 35.5. The van der Waals surface area contributed by atoms with Gasteiger partial charge >= 0.3 is 0 Å². The summed E-state index contributed by atoms with van der Waals surface area (Å²) in [5.41, 5.74) is 7.67. The third-order valence-electron chi connectivity index (χ3n) is 4.32. The fourth-order valence-corrected chi connectivity index (χ4v) is 2.99. The maximum atomic E-state index is 11.9. The molecule has 2 atom stereocenters. The van der Waals surface area contributed by atoms with Crippen molar-refractivity contribution in [2.24, 2.45) is 11.7 Å². The zero-order valence-electron chi connectivity index (χ0n) is 13.5. The number of amides is 2. The van der Waals surface area contributed by atoms with Crippen LogP contribution in [0.5, 0.6) is 0 Å². The minimum absolute atomic E-state index is 0. The first-order valence-electron chi connectivity index (χ1n) is 7.93. The van der Waals surface area contributed by atoms with Crippen LogP contribution in [0.3, 0.4) is 0 Å². The van der Waals surface area contributed by atoms with Crippen molar-refractivity contribution in [2.45, 2.75) is 38.1 Å². The Morgan fingerprint density at radius 3 is 2.74 bits per heavy atom. The Morgan fingerprint density at radius 2 is 2.09 bits per heavy atom. The molecule has 0 aromatic heterocycles. The second-order valence-corrected chi connectivity index (χ2v) is 5.94. The van der Waals surface area contributed by atoms with E-state index in [0.29, 0.717) is 30.9 Å². The van der Waals surface area contributed by atoms with E-state index in [1.807, 2.05) is 18.2 Å². The number of nitrogens with two attached hydrogens (primary N) is 1. The van der Waals surface area contributed by atoms with Gasteiger partial charge in [-0.15, -0.1) is 12.4 Å². The number of hydrogen-bond acceptors (Lipinski definition) is 3. The van der Waals surface area contributed by atoms with Gasteiger partial charge in [-0.1, -0.05) is 18.6 Å². The normalized spacial score (nSPS) is 19.7. The van der Waals surface area contributed by atoms with Crippen LogP contribution in [0, 0.1) is 5.92 Å². The largest absolute Gasteiger partial charge is 0.356 e. The summed E-state index contributed by atoms with van der Waals surface area (Å²) >= 11 is 0. The fourth-order valence-electron chi connectivity index (χ4n) is 2.99. The average Bonchev–Trinajstić information content (AvgIpc) is 2.92. The van der Waals surface area contributed by atoms with Gasteiger partial charge in [-0.05, 0) is 42.9 Å². The van der Waals surface area contributed by atoms with Gasteiger partial charge in [0.15, 0.2) is 0 Å². The molecule has 1 aromatic carbocycles. The van der Waals surface area contributed by atoms with Crippen molar-refractivity contribution < 1.29 is 9.59 Å². The summed E-state index contributed by atoms with van der Waals surface area (Å²) < 4.78 is 0. The second-order valence-electron chi connectivity index (χ2n) is 5.94. The zero-order chi connectivity index (χ0) is 15.9. The number of carbonyl (C=O) groups is 2. The number of hydrogen-bond donors (Lipinski definition) is 3. The Balaban J connectivity index is 0.00000264. The Morgan fingerprint density at radius 1 is 1.30 bits per heavy atom. The van der Waals surface area contributed by atoms with Crippen LogP contribution in [0.1, 0.15) is 41.6 Å². The lowest BCUT2D eigenvalue weighted by Gasteiger charge is -2.14. The lowest BCUT2D eigenvalue weighted by molar-refractivity contribution is -0.122. The molecule has 23 heavy (non-hydrogen) atoms. The van der Waals surface area contributed by atoms with E-state index in [4.69, 9.17) is 5.73 Å². The van der Waals surface area contributed by atoms with Gasteiger partial charge in [0.1, 0.15) is 0 Å². The van der Waals surface area contributed by atoms with Crippen molar-refractivity contribution in [3.63, 3.8) is 0 Å². The molecule has 1 saturated carbocycles. The lowest BCUT2D eigenvalue weighted by Crippen LogP contribution is -2.32. The van der Waals surface area contributed by atoms with Crippen LogP contribution in [0.2, 0.25) is 0 Å². The summed E-state index contributed by atoms with van der Waals surface area (Å²) in [6.07, 6.45) is 4.46. The maximum absolute atomic E-state index is 11.9. The highest BCUT2D eigenvalue weighted by Crippen LogP contribution is 2.26. The molecule has 1 fully saturated rings. The SMILES string of the molecule is CNC(=O)c1cccc(CCNC(=O)C[C@@H]2CCC[C@H]2N)c1.Cl. The van der Waals surface area contributed by atoms with Crippen molar-refractivity contribution in [1.82, 2.24) is 10.6 Å². The smallest absolute Gasteiger partial charge is 0.251 e. The van der Waals surface area contributed by atoms with Crippen LogP contribution in [-0.4, -0.2) is 31.4 Å². The van der Waals surface area contributed by atoms with E-state index in [1.165, 1.54) is 0 Å². The van der Waals surface area contributed by atoms with Gasteiger partial charge in [-0.25, -0.2) is 0 Å². The monoisotopic (exact) mass is 339 g/mol. The standard InChI is InChI=1S/C17H25N3O2.ClH/c1-19-17(22)14-6-2-4-12(10-14)8-9-20-16(21)11-13-5-3-7-15(13)18;/h2,4,6,10,13,15H,3,5,7-9,11,18H2,1H3,(H,19,22)(H,20,21);1H/t13-,15+;/m0./s1. The van der Waals surface area contributed by atoms with Gasteiger partial charge in [0, 0.05) is 31.6 Å². The molecule has 0 spiro atoms. The molecule has 128 valence electrons. The van der Waals surface area contributed by atoms with Gasteiger partial charge in [0.25, 0.3) is 5.91 Å². The predicted molar refractivity (Wildman–Crippen MR) is 93.7 cm³/mol. The molecule has 0 radical (unpaired) electrons. The molecule has 2 amide bonds. The number of benzene rings is 1. The van der Waals surface area contributed by atoms with Gasteiger partial charge in [-0.2, -0.15) is 0 Å². The van der Waals surface area contributed by atoms with E-state index >= 15 is 0 Å². The quantitative estimate of drug-likeness (QED) is 0.736. The zero-order valence-corrected chi connectivity index (χ0v) is 14.3. The highest BCUT2D eigenvalue weighted by Gasteiger charge is 2.25. The van der Waals surface area contributed by atoms with E-state index in [0.717, 1.165) is 24.8 Å². The van der Waals surface area contributed by atoms with Crippen molar-refractivity contribution in [3.8, 4) is 0 Å². The first-order chi connectivity index (χ1) is 10.6. The van der Waals surface area contributed by atoms with Crippen molar-refractivity contribution in [3.05, 3.63) is 35.4 Å². The van der Waals surface area contributed by atoms with Crippen LogP contribution in [0.4, 0.5) is 0 Å². The molecular weight excluding hydrogens is 314 g/mol. The molecule has 0 bridgehead atoms. The molecule has 2 rings (SSSR count). The first-order valence-corrected chi connectivity index (χ1v) is 7.93.